The van der Waals surface area contributed by atoms with Gasteiger partial charge in [-0.2, -0.15) is 8.42 Å². The van der Waals surface area contributed by atoms with Crippen molar-refractivity contribution in [3.8, 4) is 0 Å². The number of carbonyl (C=O) groups is 1. The minimum Gasteiger partial charge on any atom is -0.339 e. The molecule has 0 bridgehead atoms. The molecule has 0 radical (unpaired) electrons. The number of rotatable bonds is 3. The molecule has 5 nitrogen and oxygen atoms in total. The second-order valence-corrected chi connectivity index (χ2v) is 4.79. The molecular weight excluding hydrogens is 194 g/mol. The molecule has 13 heavy (non-hydrogen) atoms. The van der Waals surface area contributed by atoms with E-state index in [4.69, 9.17) is 4.55 Å². The lowest BCUT2D eigenvalue weighted by atomic mass is 10.3. The Kier molecular flexibility index (Phi) is 2.92. The quantitative estimate of drug-likeness (QED) is 0.655. The average Bonchev–Trinajstić information content (AvgIpc) is 2.30. The molecule has 6 heteroatoms. The first-order valence-electron chi connectivity index (χ1n) is 4.15. The number of hydrogen-bond donors (Lipinski definition) is 1. The van der Waals surface area contributed by atoms with Gasteiger partial charge in [-0.05, 0) is 13.3 Å². The van der Waals surface area contributed by atoms with E-state index in [1.165, 1.54) is 4.90 Å². The van der Waals surface area contributed by atoms with Gasteiger partial charge in [0.1, 0.15) is 0 Å². The fraction of sp³-hybridized carbons (Fsp3) is 0.857. The van der Waals surface area contributed by atoms with Crippen molar-refractivity contribution in [3.63, 3.8) is 0 Å². The van der Waals surface area contributed by atoms with Gasteiger partial charge in [-0.25, -0.2) is 0 Å². The summed E-state index contributed by atoms with van der Waals surface area (Å²) in [5, 5.41) is 0. The number of carbonyl (C=O) groups excluding carboxylic acids is 1. The van der Waals surface area contributed by atoms with Crippen LogP contribution in [0.3, 0.4) is 0 Å². The second-order valence-electron chi connectivity index (χ2n) is 3.29. The van der Waals surface area contributed by atoms with Crippen molar-refractivity contribution in [1.82, 2.24) is 4.90 Å². The van der Waals surface area contributed by atoms with Crippen molar-refractivity contribution in [3.05, 3.63) is 0 Å². The lowest BCUT2D eigenvalue weighted by molar-refractivity contribution is -0.129. The highest BCUT2D eigenvalue weighted by Gasteiger charge is 2.27. The van der Waals surface area contributed by atoms with Gasteiger partial charge in [0.05, 0.1) is 5.75 Å². The van der Waals surface area contributed by atoms with Gasteiger partial charge in [-0.1, -0.05) is 0 Å². The minimum absolute atomic E-state index is 0.0313. The van der Waals surface area contributed by atoms with Crippen LogP contribution >= 0.6 is 0 Å². The molecule has 1 fully saturated rings. The van der Waals surface area contributed by atoms with Gasteiger partial charge in [0.25, 0.3) is 10.1 Å². The summed E-state index contributed by atoms with van der Waals surface area (Å²) in [7, 11) is -3.98. The third kappa shape index (κ3) is 2.96. The van der Waals surface area contributed by atoms with Crippen LogP contribution in [0, 0.1) is 0 Å². The van der Waals surface area contributed by atoms with E-state index in [2.05, 4.69) is 0 Å². The SMILES string of the molecule is CC(CS(=O)(=O)O)N1CCCC1=O. The van der Waals surface area contributed by atoms with Crippen molar-refractivity contribution in [2.75, 3.05) is 12.3 Å². The van der Waals surface area contributed by atoms with E-state index in [0.29, 0.717) is 13.0 Å². The predicted octanol–water partition coefficient (Wildman–Crippen LogP) is -0.115. The molecular formula is C7H13NO4S. The Hall–Kier alpha value is -0.620. The fourth-order valence-electron chi connectivity index (χ4n) is 1.53. The first-order chi connectivity index (χ1) is 5.90. The van der Waals surface area contributed by atoms with Crippen LogP contribution in [0.1, 0.15) is 19.8 Å². The van der Waals surface area contributed by atoms with E-state index in [9.17, 15) is 13.2 Å². The van der Waals surface area contributed by atoms with Crippen LogP contribution in [0.2, 0.25) is 0 Å². The summed E-state index contributed by atoms with van der Waals surface area (Å²) in [5.41, 5.74) is 0. The molecule has 1 N–H and O–H groups in total. The first-order valence-corrected chi connectivity index (χ1v) is 5.76. The van der Waals surface area contributed by atoms with Gasteiger partial charge in [0.2, 0.25) is 5.91 Å². The lowest BCUT2D eigenvalue weighted by Gasteiger charge is -2.22. The Morgan fingerprint density at radius 1 is 1.62 bits per heavy atom. The zero-order valence-corrected chi connectivity index (χ0v) is 8.25. The molecule has 1 saturated heterocycles. The number of likely N-dealkylation sites (tertiary alicyclic amines) is 1. The van der Waals surface area contributed by atoms with Crippen LogP contribution in [0.25, 0.3) is 0 Å². The standard InChI is InChI=1S/C7H13NO4S/c1-6(5-13(10,11)12)8-4-2-3-7(8)9/h6H,2-5H2,1H3,(H,10,11,12). The molecule has 76 valence electrons. The Bertz CT molecular complexity index is 298. The lowest BCUT2D eigenvalue weighted by Crippen LogP contribution is -2.38. The summed E-state index contributed by atoms with van der Waals surface area (Å²) in [6.45, 7) is 2.21. The van der Waals surface area contributed by atoms with Crippen LogP contribution in [0.15, 0.2) is 0 Å². The van der Waals surface area contributed by atoms with Gasteiger partial charge < -0.3 is 4.90 Å². The third-order valence-electron chi connectivity index (χ3n) is 2.09. The van der Waals surface area contributed by atoms with E-state index >= 15 is 0 Å². The van der Waals surface area contributed by atoms with Gasteiger partial charge in [0, 0.05) is 19.0 Å². The highest BCUT2D eigenvalue weighted by atomic mass is 32.2. The van der Waals surface area contributed by atoms with E-state index < -0.39 is 16.2 Å². The van der Waals surface area contributed by atoms with Crippen molar-refractivity contribution >= 4 is 16.0 Å². The Morgan fingerprint density at radius 2 is 2.23 bits per heavy atom. The molecule has 0 aromatic heterocycles. The first kappa shape index (κ1) is 10.5. The Labute approximate surface area is 77.5 Å². The van der Waals surface area contributed by atoms with Crippen molar-refractivity contribution in [2.24, 2.45) is 0 Å². The molecule has 0 aromatic carbocycles. The maximum absolute atomic E-state index is 11.2. The van der Waals surface area contributed by atoms with E-state index in [-0.39, 0.29) is 11.7 Å². The Morgan fingerprint density at radius 3 is 2.62 bits per heavy atom. The number of amides is 1. The molecule has 1 aliphatic rings. The molecule has 1 heterocycles. The molecule has 0 spiro atoms. The van der Waals surface area contributed by atoms with Crippen LogP contribution in [-0.4, -0.2) is 42.1 Å². The molecule has 1 aliphatic heterocycles. The average molecular weight is 207 g/mol. The molecule has 1 atom stereocenters. The third-order valence-corrected chi connectivity index (χ3v) is 3.00. The van der Waals surface area contributed by atoms with Gasteiger partial charge in [0.15, 0.2) is 0 Å². The summed E-state index contributed by atoms with van der Waals surface area (Å²) in [6, 6.07) is -0.426. The van der Waals surface area contributed by atoms with Crippen LogP contribution < -0.4 is 0 Å². The highest BCUT2D eigenvalue weighted by Crippen LogP contribution is 2.14. The second kappa shape index (κ2) is 3.63. The summed E-state index contributed by atoms with van der Waals surface area (Å²) in [4.78, 5) is 12.6. The Balaban J connectivity index is 2.57. The van der Waals surface area contributed by atoms with Crippen molar-refractivity contribution in [1.29, 1.82) is 0 Å². The van der Waals surface area contributed by atoms with Crippen molar-refractivity contribution < 1.29 is 17.8 Å². The predicted molar refractivity (Wildman–Crippen MR) is 46.8 cm³/mol. The molecule has 0 aliphatic carbocycles. The number of nitrogens with zero attached hydrogens (tertiary/aromatic N) is 1. The maximum atomic E-state index is 11.2. The minimum atomic E-state index is -3.98. The summed E-state index contributed by atoms with van der Waals surface area (Å²) in [5.74, 6) is -0.408. The molecule has 0 aromatic rings. The maximum Gasteiger partial charge on any atom is 0.266 e. The largest absolute Gasteiger partial charge is 0.339 e. The zero-order valence-electron chi connectivity index (χ0n) is 7.43. The highest BCUT2D eigenvalue weighted by molar-refractivity contribution is 7.85. The topological polar surface area (TPSA) is 74.7 Å². The number of hydrogen-bond acceptors (Lipinski definition) is 3. The molecule has 1 unspecified atom stereocenters. The van der Waals surface area contributed by atoms with E-state index in [1.54, 1.807) is 6.92 Å². The van der Waals surface area contributed by atoms with E-state index in [1.807, 2.05) is 0 Å². The molecule has 1 rings (SSSR count). The van der Waals surface area contributed by atoms with Gasteiger partial charge >= 0.3 is 0 Å². The van der Waals surface area contributed by atoms with Crippen LogP contribution in [0.5, 0.6) is 0 Å². The normalized spacial score (nSPS) is 20.8. The molecule has 1 amide bonds. The summed E-state index contributed by atoms with van der Waals surface area (Å²) >= 11 is 0. The van der Waals surface area contributed by atoms with Gasteiger partial charge in [-0.3, -0.25) is 9.35 Å². The molecule has 0 saturated carbocycles. The zero-order chi connectivity index (χ0) is 10.1. The van der Waals surface area contributed by atoms with Crippen LogP contribution in [-0.2, 0) is 14.9 Å². The van der Waals surface area contributed by atoms with Gasteiger partial charge in [-0.15, -0.1) is 0 Å². The summed E-state index contributed by atoms with van der Waals surface area (Å²) in [6.07, 6.45) is 1.25. The van der Waals surface area contributed by atoms with Crippen LogP contribution in [0.4, 0.5) is 0 Å². The van der Waals surface area contributed by atoms with E-state index in [0.717, 1.165) is 6.42 Å². The fourth-order valence-corrected chi connectivity index (χ4v) is 2.32. The monoisotopic (exact) mass is 207 g/mol. The summed E-state index contributed by atoms with van der Waals surface area (Å²) < 4.78 is 29.6. The van der Waals surface area contributed by atoms with Crippen molar-refractivity contribution in [2.45, 2.75) is 25.8 Å². The smallest absolute Gasteiger partial charge is 0.266 e.